The molecule has 0 spiro atoms. The van der Waals surface area contributed by atoms with E-state index in [1.807, 2.05) is 29.2 Å². The first-order chi connectivity index (χ1) is 12.5. The van der Waals surface area contributed by atoms with E-state index < -0.39 is 0 Å². The van der Waals surface area contributed by atoms with Gasteiger partial charge in [-0.2, -0.15) is 0 Å². The number of hydrogen-bond acceptors (Lipinski definition) is 4. The summed E-state index contributed by atoms with van der Waals surface area (Å²) in [6, 6.07) is 7.79. The average Bonchev–Trinajstić information content (AvgIpc) is 3.38. The van der Waals surface area contributed by atoms with Gasteiger partial charge in [-0.1, -0.05) is 12.1 Å². The van der Waals surface area contributed by atoms with Crippen LogP contribution in [0.15, 0.2) is 24.3 Å². The van der Waals surface area contributed by atoms with Gasteiger partial charge >= 0.3 is 0 Å². The van der Waals surface area contributed by atoms with Crippen molar-refractivity contribution in [2.45, 2.75) is 37.8 Å². The lowest BCUT2D eigenvalue weighted by Gasteiger charge is -2.27. The maximum Gasteiger partial charge on any atom is 0.239 e. The second-order valence-electron chi connectivity index (χ2n) is 7.52. The number of nitrogens with zero attached hydrogens (tertiary/aromatic N) is 2. The molecule has 1 aliphatic carbocycles. The van der Waals surface area contributed by atoms with Crippen LogP contribution in [-0.4, -0.2) is 62.0 Å². The number of rotatable bonds is 7. The highest BCUT2D eigenvalue weighted by molar-refractivity contribution is 5.84. The number of carbonyl (C=O) groups excluding carboxylic acids is 2. The van der Waals surface area contributed by atoms with Crippen LogP contribution in [0.1, 0.15) is 37.3 Å². The van der Waals surface area contributed by atoms with E-state index in [1.165, 1.54) is 0 Å². The zero-order valence-electron chi connectivity index (χ0n) is 15.9. The average molecular weight is 359 g/mol. The van der Waals surface area contributed by atoms with Crippen molar-refractivity contribution >= 4 is 11.8 Å². The Balaban J connectivity index is 1.62. The number of amides is 2. The van der Waals surface area contributed by atoms with Gasteiger partial charge in [-0.3, -0.25) is 14.5 Å². The Morgan fingerprint density at radius 3 is 2.50 bits per heavy atom. The molecule has 0 radical (unpaired) electrons. The molecule has 1 aromatic rings. The number of benzene rings is 1. The van der Waals surface area contributed by atoms with Gasteiger partial charge < -0.3 is 15.0 Å². The molecule has 0 bridgehead atoms. The second-order valence-corrected chi connectivity index (χ2v) is 7.52. The SMILES string of the molecule is COc1ccc(C(NC(=O)CN2CCCC2C(=O)N(C)C)C2CC2)cc1. The Labute approximate surface area is 155 Å². The van der Waals surface area contributed by atoms with Crippen molar-refractivity contribution in [2.24, 2.45) is 5.92 Å². The first-order valence-electron chi connectivity index (χ1n) is 9.38. The van der Waals surface area contributed by atoms with E-state index in [0.29, 0.717) is 5.92 Å². The molecule has 2 aliphatic rings. The molecule has 1 saturated carbocycles. The summed E-state index contributed by atoms with van der Waals surface area (Å²) < 4.78 is 5.22. The van der Waals surface area contributed by atoms with E-state index >= 15 is 0 Å². The molecule has 6 heteroatoms. The number of ether oxygens (including phenoxy) is 1. The molecule has 142 valence electrons. The van der Waals surface area contributed by atoms with E-state index in [0.717, 1.165) is 43.5 Å². The van der Waals surface area contributed by atoms with Gasteiger partial charge in [0.25, 0.3) is 0 Å². The Kier molecular flexibility index (Phi) is 5.81. The van der Waals surface area contributed by atoms with Crippen molar-refractivity contribution in [1.82, 2.24) is 15.1 Å². The van der Waals surface area contributed by atoms with Crippen LogP contribution in [0.3, 0.4) is 0 Å². The third-order valence-corrected chi connectivity index (χ3v) is 5.32. The topological polar surface area (TPSA) is 61.9 Å². The molecule has 1 aliphatic heterocycles. The summed E-state index contributed by atoms with van der Waals surface area (Å²) >= 11 is 0. The number of nitrogens with one attached hydrogen (secondary N) is 1. The molecule has 2 fully saturated rings. The molecule has 0 aromatic heterocycles. The standard InChI is InChI=1S/C20H29N3O3/c1-22(2)20(25)17-5-4-12-23(17)13-18(24)21-19(14-6-7-14)15-8-10-16(26-3)11-9-15/h8-11,14,17,19H,4-7,12-13H2,1-3H3,(H,21,24). The van der Waals surface area contributed by atoms with Crippen LogP contribution in [0.4, 0.5) is 0 Å². The van der Waals surface area contributed by atoms with Crippen molar-refractivity contribution in [1.29, 1.82) is 0 Å². The van der Waals surface area contributed by atoms with Crippen LogP contribution in [0, 0.1) is 5.92 Å². The summed E-state index contributed by atoms with van der Waals surface area (Å²) in [5.74, 6) is 1.40. The van der Waals surface area contributed by atoms with Crippen LogP contribution in [-0.2, 0) is 9.59 Å². The third-order valence-electron chi connectivity index (χ3n) is 5.32. The normalized spacial score (nSPS) is 21.3. The molecule has 1 saturated heterocycles. The van der Waals surface area contributed by atoms with Gasteiger partial charge in [-0.15, -0.1) is 0 Å². The minimum atomic E-state index is -0.170. The van der Waals surface area contributed by atoms with Gasteiger partial charge in [0.15, 0.2) is 0 Å². The molecule has 26 heavy (non-hydrogen) atoms. The maximum atomic E-state index is 12.7. The van der Waals surface area contributed by atoms with Gasteiger partial charge in [0.05, 0.1) is 25.7 Å². The van der Waals surface area contributed by atoms with Crippen molar-refractivity contribution < 1.29 is 14.3 Å². The van der Waals surface area contributed by atoms with Crippen molar-refractivity contribution in [3.05, 3.63) is 29.8 Å². The smallest absolute Gasteiger partial charge is 0.239 e. The molecule has 1 aromatic carbocycles. The molecular formula is C20H29N3O3. The summed E-state index contributed by atoms with van der Waals surface area (Å²) in [5.41, 5.74) is 1.11. The second kappa shape index (κ2) is 8.08. The Hall–Kier alpha value is -2.08. The first kappa shape index (κ1) is 18.7. The van der Waals surface area contributed by atoms with E-state index in [1.54, 1.807) is 26.1 Å². The number of carbonyl (C=O) groups is 2. The molecule has 2 unspecified atom stereocenters. The Morgan fingerprint density at radius 1 is 1.23 bits per heavy atom. The van der Waals surface area contributed by atoms with Crippen LogP contribution >= 0.6 is 0 Å². The number of likely N-dealkylation sites (N-methyl/N-ethyl adjacent to an activating group) is 1. The zero-order valence-corrected chi connectivity index (χ0v) is 15.9. The summed E-state index contributed by atoms with van der Waals surface area (Å²) in [6.07, 6.45) is 4.07. The van der Waals surface area contributed by atoms with Gasteiger partial charge in [-0.25, -0.2) is 0 Å². The lowest BCUT2D eigenvalue weighted by molar-refractivity contribution is -0.134. The van der Waals surface area contributed by atoms with Gasteiger partial charge in [-0.05, 0) is 55.8 Å². The molecule has 1 heterocycles. The van der Waals surface area contributed by atoms with Crippen molar-refractivity contribution in [2.75, 3.05) is 34.3 Å². The highest BCUT2D eigenvalue weighted by Crippen LogP contribution is 2.41. The van der Waals surface area contributed by atoms with E-state index in [2.05, 4.69) is 5.32 Å². The molecule has 3 rings (SSSR count). The number of methoxy groups -OCH3 is 1. The molecule has 2 amide bonds. The first-order valence-corrected chi connectivity index (χ1v) is 9.38. The zero-order chi connectivity index (χ0) is 18.7. The predicted molar refractivity (Wildman–Crippen MR) is 99.9 cm³/mol. The number of hydrogen-bond donors (Lipinski definition) is 1. The quantitative estimate of drug-likeness (QED) is 0.807. The van der Waals surface area contributed by atoms with Crippen molar-refractivity contribution in [3.8, 4) is 5.75 Å². The molecule has 6 nitrogen and oxygen atoms in total. The third kappa shape index (κ3) is 4.36. The lowest BCUT2D eigenvalue weighted by atomic mass is 10.0. The summed E-state index contributed by atoms with van der Waals surface area (Å²) in [4.78, 5) is 28.6. The van der Waals surface area contributed by atoms with E-state index in [-0.39, 0.29) is 30.4 Å². The minimum Gasteiger partial charge on any atom is -0.497 e. The summed E-state index contributed by atoms with van der Waals surface area (Å²) in [6.45, 7) is 1.08. The minimum absolute atomic E-state index is 0.00354. The maximum absolute atomic E-state index is 12.7. The van der Waals surface area contributed by atoms with Crippen molar-refractivity contribution in [3.63, 3.8) is 0 Å². The number of likely N-dealkylation sites (tertiary alicyclic amines) is 1. The van der Waals surface area contributed by atoms with E-state index in [4.69, 9.17) is 4.74 Å². The fraction of sp³-hybridized carbons (Fsp3) is 0.600. The molecule has 1 N–H and O–H groups in total. The fourth-order valence-electron chi connectivity index (χ4n) is 3.71. The lowest BCUT2D eigenvalue weighted by Crippen LogP contribution is -2.47. The van der Waals surface area contributed by atoms with Gasteiger partial charge in [0.1, 0.15) is 5.75 Å². The van der Waals surface area contributed by atoms with Crippen LogP contribution < -0.4 is 10.1 Å². The predicted octanol–water partition coefficient (Wildman–Crippen LogP) is 1.82. The molecule has 2 atom stereocenters. The summed E-state index contributed by atoms with van der Waals surface area (Å²) in [7, 11) is 5.19. The Morgan fingerprint density at radius 2 is 1.92 bits per heavy atom. The highest BCUT2D eigenvalue weighted by Gasteiger charge is 2.36. The van der Waals surface area contributed by atoms with Crippen LogP contribution in [0.5, 0.6) is 5.75 Å². The van der Waals surface area contributed by atoms with Crippen LogP contribution in [0.2, 0.25) is 0 Å². The highest BCUT2D eigenvalue weighted by atomic mass is 16.5. The monoisotopic (exact) mass is 359 g/mol. The van der Waals surface area contributed by atoms with Gasteiger partial charge in [0.2, 0.25) is 11.8 Å². The Bertz CT molecular complexity index is 640. The summed E-state index contributed by atoms with van der Waals surface area (Å²) in [5, 5.41) is 3.20. The van der Waals surface area contributed by atoms with Gasteiger partial charge in [0, 0.05) is 14.1 Å². The van der Waals surface area contributed by atoms with E-state index in [9.17, 15) is 9.59 Å². The van der Waals surface area contributed by atoms with Crippen LogP contribution in [0.25, 0.3) is 0 Å². The fourth-order valence-corrected chi connectivity index (χ4v) is 3.71. The molecular weight excluding hydrogens is 330 g/mol. The largest absolute Gasteiger partial charge is 0.497 e.